The lowest BCUT2D eigenvalue weighted by Crippen LogP contribution is -2.32. The number of benzene rings is 1. The summed E-state index contributed by atoms with van der Waals surface area (Å²) in [6, 6.07) is 5.06. The smallest absolute Gasteiger partial charge is 0.123 e. The van der Waals surface area contributed by atoms with Crippen molar-refractivity contribution < 1.29 is 4.39 Å². The van der Waals surface area contributed by atoms with Gasteiger partial charge in [-0.3, -0.25) is 0 Å². The maximum absolute atomic E-state index is 13.4. The first-order chi connectivity index (χ1) is 8.93. The molecule has 1 aromatic rings. The Morgan fingerprint density at radius 1 is 1.11 bits per heavy atom. The van der Waals surface area contributed by atoms with Crippen LogP contribution in [0, 0.1) is 17.7 Å². The predicted molar refractivity (Wildman–Crippen MR) is 81.0 cm³/mol. The van der Waals surface area contributed by atoms with Crippen LogP contribution in [-0.4, -0.2) is 19.6 Å². The molecule has 2 N–H and O–H groups in total. The molecule has 0 atom stereocenters. The van der Waals surface area contributed by atoms with Gasteiger partial charge in [0, 0.05) is 18.8 Å². The molecule has 0 saturated carbocycles. The van der Waals surface area contributed by atoms with E-state index in [9.17, 15) is 4.39 Å². The molecule has 108 valence electrons. The Morgan fingerprint density at radius 2 is 1.68 bits per heavy atom. The van der Waals surface area contributed by atoms with Crippen LogP contribution < -0.4 is 10.6 Å². The standard InChI is InChI=1S/C16H27FN2/c1-12(2)10-19(11-13(3)4)16-6-5-15(17)9-14(16)7-8-18/h5-6,9,12-13H,7-8,10-11,18H2,1-4H3. The van der Waals surface area contributed by atoms with Crippen LogP contribution >= 0.6 is 0 Å². The lowest BCUT2D eigenvalue weighted by atomic mass is 10.0. The molecule has 2 nitrogen and oxygen atoms in total. The minimum absolute atomic E-state index is 0.179. The first-order valence-electron chi connectivity index (χ1n) is 7.17. The Labute approximate surface area is 116 Å². The molecule has 0 saturated heterocycles. The lowest BCUT2D eigenvalue weighted by Gasteiger charge is -2.30. The van der Waals surface area contributed by atoms with E-state index in [0.29, 0.717) is 18.4 Å². The molecule has 3 heteroatoms. The molecule has 0 fully saturated rings. The van der Waals surface area contributed by atoms with Crippen molar-refractivity contribution in [2.75, 3.05) is 24.5 Å². The first-order valence-corrected chi connectivity index (χ1v) is 7.17. The fraction of sp³-hybridized carbons (Fsp3) is 0.625. The molecular formula is C16H27FN2. The van der Waals surface area contributed by atoms with E-state index in [4.69, 9.17) is 5.73 Å². The van der Waals surface area contributed by atoms with Gasteiger partial charge in [0.1, 0.15) is 5.82 Å². The van der Waals surface area contributed by atoms with Gasteiger partial charge in [0.25, 0.3) is 0 Å². The Balaban J connectivity index is 3.05. The highest BCUT2D eigenvalue weighted by atomic mass is 19.1. The summed E-state index contributed by atoms with van der Waals surface area (Å²) in [4.78, 5) is 2.36. The number of nitrogens with zero attached hydrogens (tertiary/aromatic N) is 1. The second kappa shape index (κ2) is 7.49. The van der Waals surface area contributed by atoms with Gasteiger partial charge in [0.15, 0.2) is 0 Å². The fourth-order valence-corrected chi connectivity index (χ4v) is 2.37. The molecule has 0 aliphatic heterocycles. The average Bonchev–Trinajstić information content (AvgIpc) is 2.27. The summed E-state index contributed by atoms with van der Waals surface area (Å²) >= 11 is 0. The zero-order valence-electron chi connectivity index (χ0n) is 12.6. The number of hydrogen-bond acceptors (Lipinski definition) is 2. The summed E-state index contributed by atoms with van der Waals surface area (Å²) in [6.07, 6.45) is 0.722. The van der Waals surface area contributed by atoms with Crippen molar-refractivity contribution in [2.24, 2.45) is 17.6 Å². The topological polar surface area (TPSA) is 29.3 Å². The van der Waals surface area contributed by atoms with E-state index < -0.39 is 0 Å². The van der Waals surface area contributed by atoms with Gasteiger partial charge in [0.05, 0.1) is 0 Å². The average molecular weight is 266 g/mol. The second-order valence-corrected chi connectivity index (χ2v) is 6.00. The molecule has 1 aromatic carbocycles. The molecule has 0 bridgehead atoms. The van der Waals surface area contributed by atoms with Crippen LogP contribution in [0.1, 0.15) is 33.3 Å². The van der Waals surface area contributed by atoms with Crippen molar-refractivity contribution in [3.05, 3.63) is 29.6 Å². The zero-order valence-corrected chi connectivity index (χ0v) is 12.6. The Kier molecular flexibility index (Phi) is 6.29. The summed E-state index contributed by atoms with van der Waals surface area (Å²) < 4.78 is 13.4. The molecule has 0 unspecified atom stereocenters. The summed E-state index contributed by atoms with van der Waals surface area (Å²) in [5.74, 6) is 0.977. The summed E-state index contributed by atoms with van der Waals surface area (Å²) in [6.45, 7) is 11.4. The van der Waals surface area contributed by atoms with Crippen molar-refractivity contribution in [1.82, 2.24) is 0 Å². The number of rotatable bonds is 7. The van der Waals surface area contributed by atoms with E-state index in [1.165, 1.54) is 0 Å². The highest BCUT2D eigenvalue weighted by molar-refractivity contribution is 5.54. The number of halogens is 1. The second-order valence-electron chi connectivity index (χ2n) is 6.00. The third-order valence-electron chi connectivity index (χ3n) is 2.97. The van der Waals surface area contributed by atoms with Gasteiger partial charge in [0.2, 0.25) is 0 Å². The Bertz CT molecular complexity index is 378. The zero-order chi connectivity index (χ0) is 14.4. The van der Waals surface area contributed by atoms with E-state index in [2.05, 4.69) is 32.6 Å². The fourth-order valence-electron chi connectivity index (χ4n) is 2.37. The van der Waals surface area contributed by atoms with Gasteiger partial charge in [-0.1, -0.05) is 27.7 Å². The lowest BCUT2D eigenvalue weighted by molar-refractivity contribution is 0.550. The summed E-state index contributed by atoms with van der Waals surface area (Å²) in [5, 5.41) is 0. The van der Waals surface area contributed by atoms with Crippen LogP contribution in [0.25, 0.3) is 0 Å². The van der Waals surface area contributed by atoms with Crippen LogP contribution in [0.3, 0.4) is 0 Å². The molecule has 0 radical (unpaired) electrons. The highest BCUT2D eigenvalue weighted by Crippen LogP contribution is 2.24. The maximum Gasteiger partial charge on any atom is 0.123 e. The largest absolute Gasteiger partial charge is 0.371 e. The van der Waals surface area contributed by atoms with Crippen molar-refractivity contribution in [3.8, 4) is 0 Å². The van der Waals surface area contributed by atoms with E-state index in [0.717, 1.165) is 30.8 Å². The molecular weight excluding hydrogens is 239 g/mol. The van der Waals surface area contributed by atoms with Gasteiger partial charge in [-0.25, -0.2) is 4.39 Å². The number of hydrogen-bond donors (Lipinski definition) is 1. The molecule has 0 heterocycles. The van der Waals surface area contributed by atoms with E-state index in [-0.39, 0.29) is 5.82 Å². The normalized spacial score (nSPS) is 11.4. The first kappa shape index (κ1) is 16.0. The molecule has 19 heavy (non-hydrogen) atoms. The minimum atomic E-state index is -0.179. The third-order valence-corrected chi connectivity index (χ3v) is 2.97. The van der Waals surface area contributed by atoms with E-state index >= 15 is 0 Å². The number of anilines is 1. The van der Waals surface area contributed by atoms with Crippen LogP contribution in [0.2, 0.25) is 0 Å². The van der Waals surface area contributed by atoms with Gasteiger partial charge in [-0.05, 0) is 48.6 Å². The quantitative estimate of drug-likeness (QED) is 0.819. The van der Waals surface area contributed by atoms with Gasteiger partial charge in [-0.2, -0.15) is 0 Å². The van der Waals surface area contributed by atoms with Crippen molar-refractivity contribution in [2.45, 2.75) is 34.1 Å². The molecule has 0 amide bonds. The monoisotopic (exact) mass is 266 g/mol. The Hall–Kier alpha value is -1.09. The van der Waals surface area contributed by atoms with E-state index in [1.807, 2.05) is 6.07 Å². The summed E-state index contributed by atoms with van der Waals surface area (Å²) in [5.41, 5.74) is 7.79. The van der Waals surface area contributed by atoms with Crippen molar-refractivity contribution in [1.29, 1.82) is 0 Å². The van der Waals surface area contributed by atoms with Crippen LogP contribution in [-0.2, 0) is 6.42 Å². The van der Waals surface area contributed by atoms with E-state index in [1.54, 1.807) is 12.1 Å². The maximum atomic E-state index is 13.4. The SMILES string of the molecule is CC(C)CN(CC(C)C)c1ccc(F)cc1CCN. The minimum Gasteiger partial charge on any atom is -0.371 e. The molecule has 1 rings (SSSR count). The van der Waals surface area contributed by atoms with Gasteiger partial charge < -0.3 is 10.6 Å². The molecule has 0 spiro atoms. The molecule has 0 aliphatic rings. The van der Waals surface area contributed by atoms with Crippen molar-refractivity contribution in [3.63, 3.8) is 0 Å². The predicted octanol–water partition coefficient (Wildman–Crippen LogP) is 3.45. The van der Waals surface area contributed by atoms with Crippen LogP contribution in [0.15, 0.2) is 18.2 Å². The highest BCUT2D eigenvalue weighted by Gasteiger charge is 2.14. The van der Waals surface area contributed by atoms with Gasteiger partial charge >= 0.3 is 0 Å². The van der Waals surface area contributed by atoms with Crippen molar-refractivity contribution >= 4 is 5.69 Å². The van der Waals surface area contributed by atoms with Gasteiger partial charge in [-0.15, -0.1) is 0 Å². The van der Waals surface area contributed by atoms with Crippen LogP contribution in [0.4, 0.5) is 10.1 Å². The molecule has 0 aliphatic carbocycles. The molecule has 0 aromatic heterocycles. The third kappa shape index (κ3) is 5.19. The van der Waals surface area contributed by atoms with Crippen LogP contribution in [0.5, 0.6) is 0 Å². The number of nitrogens with two attached hydrogens (primary N) is 1. The summed E-state index contributed by atoms with van der Waals surface area (Å²) in [7, 11) is 0. The Morgan fingerprint density at radius 3 is 2.16 bits per heavy atom.